The Morgan fingerprint density at radius 1 is 1.50 bits per heavy atom. The minimum atomic E-state index is -0.447. The summed E-state index contributed by atoms with van der Waals surface area (Å²) >= 11 is 1.68. The number of Topliss-reactive ketones (excluding diaryl/α,β-unsaturated/α-hetero) is 1. The van der Waals surface area contributed by atoms with Gasteiger partial charge in [0, 0.05) is 31.0 Å². The summed E-state index contributed by atoms with van der Waals surface area (Å²) in [5.41, 5.74) is 0.883. The van der Waals surface area contributed by atoms with Gasteiger partial charge in [-0.3, -0.25) is 14.9 Å². The van der Waals surface area contributed by atoms with E-state index in [-0.39, 0.29) is 11.5 Å². The molecule has 0 N–H and O–H groups in total. The lowest BCUT2D eigenvalue weighted by molar-refractivity contribution is -0.384. The third-order valence-corrected chi connectivity index (χ3v) is 3.21. The van der Waals surface area contributed by atoms with Crippen molar-refractivity contribution in [2.75, 3.05) is 30.5 Å². The first-order valence-corrected chi connectivity index (χ1v) is 6.86. The van der Waals surface area contributed by atoms with Crippen LogP contribution in [0.4, 0.5) is 11.4 Å². The van der Waals surface area contributed by atoms with Crippen molar-refractivity contribution < 1.29 is 9.72 Å². The summed E-state index contributed by atoms with van der Waals surface area (Å²) in [6.07, 6.45) is 1.99. The number of nitro groups is 1. The van der Waals surface area contributed by atoms with Crippen LogP contribution in [-0.2, 0) is 0 Å². The van der Waals surface area contributed by atoms with Gasteiger partial charge in [0.1, 0.15) is 5.69 Å². The summed E-state index contributed by atoms with van der Waals surface area (Å²) in [7, 11) is 1.81. The van der Waals surface area contributed by atoms with Gasteiger partial charge in [0.15, 0.2) is 5.78 Å². The van der Waals surface area contributed by atoms with Crippen molar-refractivity contribution in [3.05, 3.63) is 33.9 Å². The zero-order chi connectivity index (χ0) is 13.7. The van der Waals surface area contributed by atoms with Gasteiger partial charge in [-0.1, -0.05) is 0 Å². The second kappa shape index (κ2) is 6.39. The first-order valence-electron chi connectivity index (χ1n) is 5.46. The normalized spacial score (nSPS) is 10.2. The molecular weight excluding hydrogens is 252 g/mol. The third kappa shape index (κ3) is 3.46. The first kappa shape index (κ1) is 14.5. The molecule has 5 nitrogen and oxygen atoms in total. The van der Waals surface area contributed by atoms with Gasteiger partial charge in [-0.15, -0.1) is 0 Å². The highest BCUT2D eigenvalue weighted by Crippen LogP contribution is 2.28. The van der Waals surface area contributed by atoms with Crippen LogP contribution in [0.3, 0.4) is 0 Å². The summed E-state index contributed by atoms with van der Waals surface area (Å²) in [5.74, 6) is 0.721. The molecule has 0 radical (unpaired) electrons. The van der Waals surface area contributed by atoms with Crippen molar-refractivity contribution in [3.63, 3.8) is 0 Å². The van der Waals surface area contributed by atoms with Crippen molar-refractivity contribution >= 4 is 28.9 Å². The van der Waals surface area contributed by atoms with E-state index in [1.807, 2.05) is 18.2 Å². The summed E-state index contributed by atoms with van der Waals surface area (Å²) < 4.78 is 0. The average Bonchev–Trinajstić information content (AvgIpc) is 2.34. The molecule has 1 aromatic rings. The van der Waals surface area contributed by atoms with Crippen molar-refractivity contribution in [2.45, 2.75) is 6.92 Å². The van der Waals surface area contributed by atoms with Crippen LogP contribution in [0.1, 0.15) is 17.3 Å². The predicted octanol–water partition coefficient (Wildman–Crippen LogP) is 2.60. The maximum Gasteiger partial charge on any atom is 0.293 e. The molecule has 0 unspecified atom stereocenters. The van der Waals surface area contributed by atoms with E-state index >= 15 is 0 Å². The van der Waals surface area contributed by atoms with E-state index in [9.17, 15) is 14.9 Å². The lowest BCUT2D eigenvalue weighted by Gasteiger charge is -2.18. The summed E-state index contributed by atoms with van der Waals surface area (Å²) in [6.45, 7) is 2.12. The second-order valence-corrected chi connectivity index (χ2v) is 4.92. The number of anilines is 1. The molecule has 0 aromatic heterocycles. The number of rotatable bonds is 6. The van der Waals surface area contributed by atoms with E-state index in [1.165, 1.54) is 13.0 Å². The molecule has 0 saturated heterocycles. The fourth-order valence-electron chi connectivity index (χ4n) is 1.56. The maximum atomic E-state index is 11.2. The number of hydrogen-bond donors (Lipinski definition) is 0. The number of thioether (sulfide) groups is 1. The maximum absolute atomic E-state index is 11.2. The standard InChI is InChI=1S/C12H16N2O3S/c1-9(15)10-4-5-11(12(8-10)14(16)17)13(2)6-7-18-3/h4-5,8H,6-7H2,1-3H3. The van der Waals surface area contributed by atoms with Gasteiger partial charge in [-0.05, 0) is 25.3 Å². The molecular formula is C12H16N2O3S. The molecule has 98 valence electrons. The molecule has 0 amide bonds. The van der Waals surface area contributed by atoms with Crippen LogP contribution in [0.25, 0.3) is 0 Å². The van der Waals surface area contributed by atoms with Crippen molar-refractivity contribution in [1.29, 1.82) is 0 Å². The number of ketones is 1. The van der Waals surface area contributed by atoms with Gasteiger partial charge in [0.2, 0.25) is 0 Å². The predicted molar refractivity (Wildman–Crippen MR) is 74.8 cm³/mol. The van der Waals surface area contributed by atoms with E-state index in [0.29, 0.717) is 11.3 Å². The quantitative estimate of drug-likeness (QED) is 0.451. The van der Waals surface area contributed by atoms with Crippen LogP contribution in [0, 0.1) is 10.1 Å². The first-order chi connectivity index (χ1) is 8.47. The second-order valence-electron chi connectivity index (χ2n) is 3.93. The molecule has 1 aromatic carbocycles. The number of carbonyl (C=O) groups excluding carboxylic acids is 1. The molecule has 18 heavy (non-hydrogen) atoms. The molecule has 0 aliphatic heterocycles. The molecule has 1 rings (SSSR count). The molecule has 6 heteroatoms. The molecule has 0 saturated carbocycles. The highest BCUT2D eigenvalue weighted by atomic mass is 32.2. The fourth-order valence-corrected chi connectivity index (χ4v) is 2.02. The van der Waals surface area contributed by atoms with Crippen molar-refractivity contribution in [3.8, 4) is 0 Å². The van der Waals surface area contributed by atoms with Crippen LogP contribution in [0.5, 0.6) is 0 Å². The Kier molecular flexibility index (Phi) is 5.15. The number of benzene rings is 1. The smallest absolute Gasteiger partial charge is 0.293 e. The van der Waals surface area contributed by atoms with Gasteiger partial charge >= 0.3 is 0 Å². The molecule has 0 fully saturated rings. The summed E-state index contributed by atoms with van der Waals surface area (Å²) in [6, 6.07) is 4.60. The highest BCUT2D eigenvalue weighted by molar-refractivity contribution is 7.98. The van der Waals surface area contributed by atoms with E-state index in [1.54, 1.807) is 23.9 Å². The molecule has 0 bridgehead atoms. The van der Waals surface area contributed by atoms with Gasteiger partial charge in [0.05, 0.1) is 4.92 Å². The Balaban J connectivity index is 3.11. The third-order valence-electron chi connectivity index (χ3n) is 2.62. The van der Waals surface area contributed by atoms with Crippen LogP contribution in [0.15, 0.2) is 18.2 Å². The Bertz CT molecular complexity index is 463. The lowest BCUT2D eigenvalue weighted by Crippen LogP contribution is -2.21. The largest absolute Gasteiger partial charge is 0.368 e. The van der Waals surface area contributed by atoms with Gasteiger partial charge < -0.3 is 4.90 Å². The lowest BCUT2D eigenvalue weighted by atomic mass is 10.1. The summed E-state index contributed by atoms with van der Waals surface area (Å²) in [5, 5.41) is 11.0. The fraction of sp³-hybridized carbons (Fsp3) is 0.417. The zero-order valence-corrected chi connectivity index (χ0v) is 11.5. The minimum absolute atomic E-state index is 0.0219. The van der Waals surface area contributed by atoms with E-state index in [0.717, 1.165) is 12.3 Å². The van der Waals surface area contributed by atoms with E-state index < -0.39 is 4.92 Å². The Morgan fingerprint density at radius 3 is 2.67 bits per heavy atom. The SMILES string of the molecule is CSCCN(C)c1ccc(C(C)=O)cc1[N+](=O)[O-]. The zero-order valence-electron chi connectivity index (χ0n) is 10.7. The monoisotopic (exact) mass is 268 g/mol. The van der Waals surface area contributed by atoms with Crippen LogP contribution in [-0.4, -0.2) is 36.3 Å². The minimum Gasteiger partial charge on any atom is -0.368 e. The van der Waals surface area contributed by atoms with Crippen molar-refractivity contribution in [1.82, 2.24) is 0 Å². The van der Waals surface area contributed by atoms with E-state index in [2.05, 4.69) is 0 Å². The van der Waals surface area contributed by atoms with Gasteiger partial charge in [-0.2, -0.15) is 11.8 Å². The summed E-state index contributed by atoms with van der Waals surface area (Å²) in [4.78, 5) is 23.7. The molecule has 0 spiro atoms. The molecule has 0 atom stereocenters. The Labute approximate surface area is 110 Å². The topological polar surface area (TPSA) is 63.5 Å². The Hall–Kier alpha value is -1.56. The van der Waals surface area contributed by atoms with Crippen LogP contribution >= 0.6 is 11.8 Å². The van der Waals surface area contributed by atoms with Crippen LogP contribution < -0.4 is 4.90 Å². The van der Waals surface area contributed by atoms with Gasteiger partial charge in [-0.25, -0.2) is 0 Å². The molecule has 0 aliphatic rings. The van der Waals surface area contributed by atoms with Gasteiger partial charge in [0.25, 0.3) is 5.69 Å². The number of carbonyl (C=O) groups is 1. The van der Waals surface area contributed by atoms with Crippen molar-refractivity contribution in [2.24, 2.45) is 0 Å². The average molecular weight is 268 g/mol. The number of hydrogen-bond acceptors (Lipinski definition) is 5. The number of nitro benzene ring substituents is 1. The number of nitrogens with zero attached hydrogens (tertiary/aromatic N) is 2. The molecule has 0 heterocycles. The van der Waals surface area contributed by atoms with Crippen LogP contribution in [0.2, 0.25) is 0 Å². The van der Waals surface area contributed by atoms with E-state index in [4.69, 9.17) is 0 Å². The molecule has 0 aliphatic carbocycles. The highest BCUT2D eigenvalue weighted by Gasteiger charge is 2.18. The Morgan fingerprint density at radius 2 is 2.17 bits per heavy atom.